The van der Waals surface area contributed by atoms with Crippen molar-refractivity contribution in [2.75, 3.05) is 31.5 Å². The Hall–Kier alpha value is -2.00. The standard InChI is InChI=1S/C25H32N2O/c1-17-18(2)24-22(21-9-12-26-23(17)21)15-25(3,28-24)16-27-13-10-20(11-14-27)19-7-5-4-6-8-19/h4-8,20,26H,9-16H2,1-3H3. The van der Waals surface area contributed by atoms with E-state index in [1.807, 2.05) is 0 Å². The van der Waals surface area contributed by atoms with Gasteiger partial charge < -0.3 is 10.1 Å². The van der Waals surface area contributed by atoms with E-state index in [0.717, 1.165) is 25.9 Å². The molecule has 3 aliphatic heterocycles. The Balaban J connectivity index is 1.29. The maximum atomic E-state index is 6.68. The summed E-state index contributed by atoms with van der Waals surface area (Å²) in [6.45, 7) is 11.2. The lowest BCUT2D eigenvalue weighted by molar-refractivity contribution is 0.0523. The maximum absolute atomic E-state index is 6.68. The van der Waals surface area contributed by atoms with Crippen molar-refractivity contribution in [1.29, 1.82) is 0 Å². The van der Waals surface area contributed by atoms with Gasteiger partial charge in [-0.25, -0.2) is 0 Å². The Kier molecular flexibility index (Phi) is 4.39. The minimum atomic E-state index is -0.100. The first-order valence-corrected chi connectivity index (χ1v) is 10.9. The summed E-state index contributed by atoms with van der Waals surface area (Å²) in [6.07, 6.45) is 4.70. The van der Waals surface area contributed by atoms with Crippen LogP contribution in [0.4, 0.5) is 5.69 Å². The summed E-state index contributed by atoms with van der Waals surface area (Å²) in [5.41, 5.74) is 8.49. The molecule has 0 aromatic heterocycles. The fourth-order valence-electron chi connectivity index (χ4n) is 5.62. The van der Waals surface area contributed by atoms with Crippen LogP contribution in [0.3, 0.4) is 0 Å². The molecule has 2 aromatic rings. The number of piperidine rings is 1. The molecule has 3 heteroatoms. The molecular formula is C25H32N2O. The van der Waals surface area contributed by atoms with Crippen LogP contribution in [0.5, 0.6) is 5.75 Å². The van der Waals surface area contributed by atoms with Gasteiger partial charge in [-0.15, -0.1) is 0 Å². The quantitative estimate of drug-likeness (QED) is 0.829. The van der Waals surface area contributed by atoms with Crippen molar-refractivity contribution in [2.24, 2.45) is 0 Å². The topological polar surface area (TPSA) is 24.5 Å². The fraction of sp³-hybridized carbons (Fsp3) is 0.520. The van der Waals surface area contributed by atoms with Crippen molar-refractivity contribution in [1.82, 2.24) is 4.90 Å². The Bertz CT molecular complexity index is 883. The van der Waals surface area contributed by atoms with Crippen molar-refractivity contribution < 1.29 is 4.74 Å². The molecule has 0 spiro atoms. The molecule has 0 bridgehead atoms. The van der Waals surface area contributed by atoms with Gasteiger partial charge in [-0.3, -0.25) is 4.90 Å². The predicted octanol–water partition coefficient (Wildman–Crippen LogP) is 4.84. The second-order valence-electron chi connectivity index (χ2n) is 9.28. The number of rotatable bonds is 3. The lowest BCUT2D eigenvalue weighted by Gasteiger charge is -2.37. The van der Waals surface area contributed by atoms with E-state index in [0.29, 0.717) is 5.92 Å². The molecule has 0 aliphatic carbocycles. The van der Waals surface area contributed by atoms with Gasteiger partial charge in [0, 0.05) is 30.8 Å². The van der Waals surface area contributed by atoms with Gasteiger partial charge in [0.2, 0.25) is 0 Å². The highest BCUT2D eigenvalue weighted by Crippen LogP contribution is 2.46. The van der Waals surface area contributed by atoms with Crippen LogP contribution < -0.4 is 10.1 Å². The summed E-state index contributed by atoms with van der Waals surface area (Å²) in [4.78, 5) is 2.63. The molecule has 0 radical (unpaired) electrons. The van der Waals surface area contributed by atoms with Crippen molar-refractivity contribution in [2.45, 2.75) is 58.0 Å². The number of nitrogens with zero attached hydrogens (tertiary/aromatic N) is 1. The van der Waals surface area contributed by atoms with Crippen LogP contribution >= 0.6 is 0 Å². The molecule has 1 fully saturated rings. The summed E-state index contributed by atoms with van der Waals surface area (Å²) in [5.74, 6) is 1.90. The van der Waals surface area contributed by atoms with Gasteiger partial charge in [-0.2, -0.15) is 0 Å². The highest BCUT2D eigenvalue weighted by Gasteiger charge is 2.41. The first-order valence-electron chi connectivity index (χ1n) is 10.9. The molecule has 1 N–H and O–H groups in total. The molecule has 0 saturated carbocycles. The van der Waals surface area contributed by atoms with Crippen LogP contribution in [-0.4, -0.2) is 36.7 Å². The first kappa shape index (κ1) is 18.1. The lowest BCUT2D eigenvalue weighted by atomic mass is 9.88. The Morgan fingerprint density at radius 2 is 1.82 bits per heavy atom. The molecule has 1 atom stereocenters. The number of likely N-dealkylation sites (tertiary alicyclic amines) is 1. The van der Waals surface area contributed by atoms with Crippen molar-refractivity contribution in [3.8, 4) is 5.75 Å². The van der Waals surface area contributed by atoms with Gasteiger partial charge >= 0.3 is 0 Å². The zero-order valence-corrected chi connectivity index (χ0v) is 17.5. The van der Waals surface area contributed by atoms with E-state index in [9.17, 15) is 0 Å². The number of hydrogen-bond acceptors (Lipinski definition) is 3. The summed E-state index contributed by atoms with van der Waals surface area (Å²) in [6, 6.07) is 11.0. The van der Waals surface area contributed by atoms with Gasteiger partial charge in [0.05, 0.1) is 0 Å². The van der Waals surface area contributed by atoms with E-state index in [2.05, 4.69) is 61.3 Å². The summed E-state index contributed by atoms with van der Waals surface area (Å²) >= 11 is 0. The normalized spacial score (nSPS) is 24.5. The van der Waals surface area contributed by atoms with Gasteiger partial charge in [0.25, 0.3) is 0 Å². The highest BCUT2D eigenvalue weighted by atomic mass is 16.5. The van der Waals surface area contributed by atoms with Crippen LogP contribution in [0, 0.1) is 13.8 Å². The average molecular weight is 377 g/mol. The molecule has 1 saturated heterocycles. The zero-order valence-electron chi connectivity index (χ0n) is 17.5. The summed E-state index contributed by atoms with van der Waals surface area (Å²) < 4.78 is 6.68. The van der Waals surface area contributed by atoms with E-state index in [4.69, 9.17) is 4.74 Å². The third-order valence-electron chi connectivity index (χ3n) is 7.21. The number of anilines is 1. The van der Waals surface area contributed by atoms with Gasteiger partial charge in [0.15, 0.2) is 0 Å². The van der Waals surface area contributed by atoms with Crippen LogP contribution in [0.15, 0.2) is 30.3 Å². The van der Waals surface area contributed by atoms with Gasteiger partial charge in [-0.1, -0.05) is 30.3 Å². The van der Waals surface area contributed by atoms with Gasteiger partial charge in [-0.05, 0) is 81.3 Å². The summed E-state index contributed by atoms with van der Waals surface area (Å²) in [7, 11) is 0. The predicted molar refractivity (Wildman–Crippen MR) is 116 cm³/mol. The van der Waals surface area contributed by atoms with Crippen molar-refractivity contribution >= 4 is 5.69 Å². The second-order valence-corrected chi connectivity index (χ2v) is 9.28. The molecule has 1 unspecified atom stereocenters. The Morgan fingerprint density at radius 3 is 2.57 bits per heavy atom. The molecule has 2 aromatic carbocycles. The van der Waals surface area contributed by atoms with Crippen LogP contribution in [0.25, 0.3) is 0 Å². The largest absolute Gasteiger partial charge is 0.485 e. The molecule has 3 nitrogen and oxygen atoms in total. The molecule has 3 aliphatic rings. The molecular weight excluding hydrogens is 344 g/mol. The molecule has 0 amide bonds. The number of hydrogen-bond donors (Lipinski definition) is 1. The number of ether oxygens (including phenoxy) is 1. The Labute approximate surface area is 169 Å². The van der Waals surface area contributed by atoms with E-state index < -0.39 is 0 Å². The van der Waals surface area contributed by atoms with Crippen molar-refractivity contribution in [3.05, 3.63) is 58.1 Å². The first-order chi connectivity index (χ1) is 13.5. The van der Waals surface area contributed by atoms with Crippen molar-refractivity contribution in [3.63, 3.8) is 0 Å². The van der Waals surface area contributed by atoms with E-state index in [1.165, 1.54) is 65.2 Å². The number of benzene rings is 2. The smallest absolute Gasteiger partial charge is 0.127 e. The minimum absolute atomic E-state index is 0.100. The Morgan fingerprint density at radius 1 is 1.07 bits per heavy atom. The minimum Gasteiger partial charge on any atom is -0.485 e. The number of fused-ring (bicyclic) bond motifs is 3. The molecule has 3 heterocycles. The monoisotopic (exact) mass is 376 g/mol. The third-order valence-corrected chi connectivity index (χ3v) is 7.21. The van der Waals surface area contributed by atoms with Gasteiger partial charge in [0.1, 0.15) is 11.4 Å². The SMILES string of the molecule is Cc1c(C)c2c(c3c1NCC3)CC(C)(CN1CCC(c3ccccc3)CC1)O2. The average Bonchev–Trinajstić information content (AvgIpc) is 3.32. The van der Waals surface area contributed by atoms with Crippen LogP contribution in [0.1, 0.15) is 53.5 Å². The molecule has 5 rings (SSSR count). The fourth-order valence-corrected chi connectivity index (χ4v) is 5.62. The van der Waals surface area contributed by atoms with Crippen LogP contribution in [-0.2, 0) is 12.8 Å². The highest BCUT2D eigenvalue weighted by molar-refractivity contribution is 5.71. The van der Waals surface area contributed by atoms with E-state index in [-0.39, 0.29) is 5.60 Å². The summed E-state index contributed by atoms with van der Waals surface area (Å²) in [5, 5.41) is 3.60. The second kappa shape index (κ2) is 6.81. The third kappa shape index (κ3) is 3.00. The maximum Gasteiger partial charge on any atom is 0.127 e. The van der Waals surface area contributed by atoms with E-state index >= 15 is 0 Å². The zero-order chi connectivity index (χ0) is 19.3. The lowest BCUT2D eigenvalue weighted by Crippen LogP contribution is -2.47. The molecule has 148 valence electrons. The number of nitrogens with one attached hydrogen (secondary N) is 1. The molecule has 28 heavy (non-hydrogen) atoms. The van der Waals surface area contributed by atoms with E-state index in [1.54, 1.807) is 0 Å². The van der Waals surface area contributed by atoms with Crippen LogP contribution in [0.2, 0.25) is 0 Å².